The topological polar surface area (TPSA) is 42.0 Å². The number of aryl methyl sites for hydroxylation is 1. The summed E-state index contributed by atoms with van der Waals surface area (Å²) >= 11 is 4.94. The largest absolute Gasteiger partial charge is 0.302 e. The van der Waals surface area contributed by atoms with Gasteiger partial charge >= 0.3 is 0 Å². The number of nitrogens with one attached hydrogen (secondary N) is 1. The summed E-state index contributed by atoms with van der Waals surface area (Å²) in [5.41, 5.74) is 1.99. The number of carbonyl (C=O) groups is 1. The van der Waals surface area contributed by atoms with Crippen LogP contribution in [0.5, 0.6) is 0 Å². The SMILES string of the molecule is CC[C@@H](C)C(=O)Nc1nc(-c2ccc(Br)cc2)c(C)s1. The van der Waals surface area contributed by atoms with Crippen molar-refractivity contribution in [3.63, 3.8) is 0 Å². The third-order valence-electron chi connectivity index (χ3n) is 3.20. The molecule has 0 bridgehead atoms. The molecule has 106 valence electrons. The van der Waals surface area contributed by atoms with Gasteiger partial charge in [0.2, 0.25) is 5.91 Å². The highest BCUT2D eigenvalue weighted by molar-refractivity contribution is 9.10. The molecule has 0 saturated carbocycles. The number of anilines is 1. The van der Waals surface area contributed by atoms with Crippen LogP contribution in [0.4, 0.5) is 5.13 Å². The Kier molecular flexibility index (Phi) is 4.94. The molecular weight excluding hydrogens is 336 g/mol. The number of benzene rings is 1. The second-order valence-electron chi connectivity index (χ2n) is 4.73. The van der Waals surface area contributed by atoms with Gasteiger partial charge in [0, 0.05) is 20.8 Å². The van der Waals surface area contributed by atoms with E-state index in [0.717, 1.165) is 27.0 Å². The Bertz CT molecular complexity index is 607. The van der Waals surface area contributed by atoms with Crippen molar-refractivity contribution in [2.24, 2.45) is 5.92 Å². The van der Waals surface area contributed by atoms with Gasteiger partial charge in [-0.05, 0) is 25.5 Å². The van der Waals surface area contributed by atoms with Crippen molar-refractivity contribution < 1.29 is 4.79 Å². The van der Waals surface area contributed by atoms with Crippen molar-refractivity contribution in [2.75, 3.05) is 5.32 Å². The quantitative estimate of drug-likeness (QED) is 0.852. The van der Waals surface area contributed by atoms with Crippen molar-refractivity contribution in [3.8, 4) is 11.3 Å². The van der Waals surface area contributed by atoms with Crippen LogP contribution in [0, 0.1) is 12.8 Å². The van der Waals surface area contributed by atoms with Gasteiger partial charge in [0.15, 0.2) is 5.13 Å². The van der Waals surface area contributed by atoms with Crippen molar-refractivity contribution in [2.45, 2.75) is 27.2 Å². The summed E-state index contributed by atoms with van der Waals surface area (Å²) in [7, 11) is 0. The number of amides is 1. The molecule has 2 aromatic rings. The minimum Gasteiger partial charge on any atom is -0.302 e. The summed E-state index contributed by atoms with van der Waals surface area (Å²) in [6, 6.07) is 8.02. The van der Waals surface area contributed by atoms with Crippen LogP contribution in [-0.4, -0.2) is 10.9 Å². The minimum absolute atomic E-state index is 0.00957. The molecule has 0 aliphatic rings. The highest BCUT2D eigenvalue weighted by atomic mass is 79.9. The highest BCUT2D eigenvalue weighted by Gasteiger charge is 2.15. The molecule has 0 fully saturated rings. The average Bonchev–Trinajstić information content (AvgIpc) is 2.79. The molecule has 1 atom stereocenters. The Morgan fingerprint density at radius 3 is 2.65 bits per heavy atom. The van der Waals surface area contributed by atoms with E-state index in [0.29, 0.717) is 5.13 Å². The molecule has 3 nitrogen and oxygen atoms in total. The average molecular weight is 353 g/mol. The van der Waals surface area contributed by atoms with Gasteiger partial charge in [-0.25, -0.2) is 4.98 Å². The van der Waals surface area contributed by atoms with Crippen molar-refractivity contribution >= 4 is 38.3 Å². The Hall–Kier alpha value is -1.20. The van der Waals surface area contributed by atoms with E-state index in [1.807, 2.05) is 45.0 Å². The Labute approximate surface area is 131 Å². The number of hydrogen-bond donors (Lipinski definition) is 1. The second kappa shape index (κ2) is 6.50. The predicted molar refractivity (Wildman–Crippen MR) is 88.1 cm³/mol. The lowest BCUT2D eigenvalue weighted by Crippen LogP contribution is -2.19. The zero-order valence-corrected chi connectivity index (χ0v) is 14.1. The molecule has 0 saturated heterocycles. The van der Waals surface area contributed by atoms with Crippen molar-refractivity contribution in [3.05, 3.63) is 33.6 Å². The molecule has 0 aliphatic heterocycles. The van der Waals surface area contributed by atoms with Crippen LogP contribution < -0.4 is 5.32 Å². The van der Waals surface area contributed by atoms with E-state index >= 15 is 0 Å². The molecule has 0 radical (unpaired) electrons. The molecule has 20 heavy (non-hydrogen) atoms. The lowest BCUT2D eigenvalue weighted by Gasteiger charge is -2.06. The molecule has 0 aliphatic carbocycles. The highest BCUT2D eigenvalue weighted by Crippen LogP contribution is 2.31. The first kappa shape index (κ1) is 15.2. The van der Waals surface area contributed by atoms with Gasteiger partial charge in [-0.15, -0.1) is 11.3 Å². The van der Waals surface area contributed by atoms with Gasteiger partial charge in [0.05, 0.1) is 5.69 Å². The van der Waals surface area contributed by atoms with Crippen LogP contribution in [0.15, 0.2) is 28.7 Å². The summed E-state index contributed by atoms with van der Waals surface area (Å²) in [4.78, 5) is 17.5. The number of thiazole rings is 1. The smallest absolute Gasteiger partial charge is 0.228 e. The maximum atomic E-state index is 11.9. The van der Waals surface area contributed by atoms with Gasteiger partial charge < -0.3 is 5.32 Å². The second-order valence-corrected chi connectivity index (χ2v) is 6.85. The lowest BCUT2D eigenvalue weighted by molar-refractivity contribution is -0.119. The first-order valence-corrected chi connectivity index (χ1v) is 8.16. The van der Waals surface area contributed by atoms with Crippen LogP contribution >= 0.6 is 27.3 Å². The monoisotopic (exact) mass is 352 g/mol. The van der Waals surface area contributed by atoms with E-state index in [1.54, 1.807) is 0 Å². The summed E-state index contributed by atoms with van der Waals surface area (Å²) in [5.74, 6) is 0.0407. The number of halogens is 1. The Morgan fingerprint density at radius 1 is 1.40 bits per heavy atom. The fraction of sp³-hybridized carbons (Fsp3) is 0.333. The molecule has 1 amide bonds. The molecular formula is C15H17BrN2OS. The Morgan fingerprint density at radius 2 is 2.05 bits per heavy atom. The minimum atomic E-state index is 0.00957. The van der Waals surface area contributed by atoms with Crippen LogP contribution in [-0.2, 0) is 4.79 Å². The zero-order valence-electron chi connectivity index (χ0n) is 11.7. The predicted octanol–water partition coefficient (Wildman–Crippen LogP) is 4.87. The van der Waals surface area contributed by atoms with Crippen LogP contribution in [0.25, 0.3) is 11.3 Å². The fourth-order valence-corrected chi connectivity index (χ4v) is 2.84. The Balaban J connectivity index is 2.21. The first-order chi connectivity index (χ1) is 9.51. The van der Waals surface area contributed by atoms with E-state index in [-0.39, 0.29) is 11.8 Å². The fourth-order valence-electron chi connectivity index (χ4n) is 1.74. The molecule has 2 rings (SSSR count). The zero-order chi connectivity index (χ0) is 14.7. The van der Waals surface area contributed by atoms with Gasteiger partial charge in [0.1, 0.15) is 0 Å². The third kappa shape index (κ3) is 3.46. The van der Waals surface area contributed by atoms with Crippen molar-refractivity contribution in [1.82, 2.24) is 4.98 Å². The third-order valence-corrected chi connectivity index (χ3v) is 4.62. The molecule has 1 aromatic carbocycles. The summed E-state index contributed by atoms with van der Waals surface area (Å²) in [6.45, 7) is 5.95. The van der Waals surface area contributed by atoms with E-state index in [4.69, 9.17) is 0 Å². The number of carbonyl (C=O) groups excluding carboxylic acids is 1. The van der Waals surface area contributed by atoms with Crippen molar-refractivity contribution in [1.29, 1.82) is 0 Å². The first-order valence-electron chi connectivity index (χ1n) is 6.55. The summed E-state index contributed by atoms with van der Waals surface area (Å²) < 4.78 is 1.04. The van der Waals surface area contributed by atoms with Gasteiger partial charge in [-0.2, -0.15) is 0 Å². The van der Waals surface area contributed by atoms with Gasteiger partial charge in [0.25, 0.3) is 0 Å². The lowest BCUT2D eigenvalue weighted by atomic mass is 10.1. The maximum absolute atomic E-state index is 11.9. The van der Waals surface area contributed by atoms with E-state index in [2.05, 4.69) is 26.2 Å². The van der Waals surface area contributed by atoms with E-state index < -0.39 is 0 Å². The summed E-state index contributed by atoms with van der Waals surface area (Å²) in [6.07, 6.45) is 0.829. The molecule has 5 heteroatoms. The van der Waals surface area contributed by atoms with Crippen LogP contribution in [0.1, 0.15) is 25.1 Å². The van der Waals surface area contributed by atoms with Crippen LogP contribution in [0.2, 0.25) is 0 Å². The van der Waals surface area contributed by atoms with Gasteiger partial charge in [-0.1, -0.05) is 41.9 Å². The van der Waals surface area contributed by atoms with Gasteiger partial charge in [-0.3, -0.25) is 4.79 Å². The molecule has 0 unspecified atom stereocenters. The number of nitrogens with zero attached hydrogens (tertiary/aromatic N) is 1. The molecule has 0 spiro atoms. The van der Waals surface area contributed by atoms with E-state index in [1.165, 1.54) is 11.3 Å². The standard InChI is InChI=1S/C15H17BrN2OS/c1-4-9(2)14(19)18-15-17-13(10(3)20-15)11-5-7-12(16)8-6-11/h5-9H,4H2,1-3H3,(H,17,18,19)/t9-/m1/s1. The molecule has 1 N–H and O–H groups in total. The number of hydrogen-bond acceptors (Lipinski definition) is 3. The van der Waals surface area contributed by atoms with Crippen LogP contribution in [0.3, 0.4) is 0 Å². The normalized spacial score (nSPS) is 12.2. The van der Waals surface area contributed by atoms with E-state index in [9.17, 15) is 4.79 Å². The molecule has 1 aromatic heterocycles. The molecule has 1 heterocycles. The summed E-state index contributed by atoms with van der Waals surface area (Å²) in [5, 5.41) is 3.57. The maximum Gasteiger partial charge on any atom is 0.228 e. The number of rotatable bonds is 4. The number of aromatic nitrogens is 1.